The molecule has 1 saturated heterocycles. The van der Waals surface area contributed by atoms with Crippen molar-refractivity contribution < 1.29 is 5.11 Å². The van der Waals surface area contributed by atoms with Crippen LogP contribution in [0.4, 0.5) is 5.82 Å². The highest BCUT2D eigenvalue weighted by Crippen LogP contribution is 2.27. The highest BCUT2D eigenvalue weighted by Gasteiger charge is 2.26. The number of nitrogens with one attached hydrogen (secondary N) is 1. The van der Waals surface area contributed by atoms with E-state index in [0.717, 1.165) is 64.2 Å². The van der Waals surface area contributed by atoms with Crippen molar-refractivity contribution in [2.45, 2.75) is 38.6 Å². The molecule has 3 rings (SSSR count). The van der Waals surface area contributed by atoms with Crippen molar-refractivity contribution in [3.8, 4) is 0 Å². The van der Waals surface area contributed by atoms with Crippen LogP contribution < -0.4 is 10.2 Å². The second-order valence-electron chi connectivity index (χ2n) is 6.69. The maximum atomic E-state index is 9.11. The number of anilines is 1. The van der Waals surface area contributed by atoms with Crippen LogP contribution in [-0.2, 0) is 12.8 Å². The number of aromatic nitrogens is 2. The SMILES string of the molecule is Cc1nc2c(c(N3CCC(N(C)CCO)CC3)n1)CCNCC2. The van der Waals surface area contributed by atoms with Crippen molar-refractivity contribution in [2.24, 2.45) is 0 Å². The van der Waals surface area contributed by atoms with E-state index < -0.39 is 0 Å². The van der Waals surface area contributed by atoms with Gasteiger partial charge in [0.2, 0.25) is 0 Å². The van der Waals surface area contributed by atoms with E-state index >= 15 is 0 Å². The third kappa shape index (κ3) is 3.82. The van der Waals surface area contributed by atoms with Gasteiger partial charge in [-0.2, -0.15) is 0 Å². The van der Waals surface area contributed by atoms with Gasteiger partial charge >= 0.3 is 0 Å². The molecule has 0 radical (unpaired) electrons. The van der Waals surface area contributed by atoms with Gasteiger partial charge in [-0.15, -0.1) is 0 Å². The Balaban J connectivity index is 1.74. The van der Waals surface area contributed by atoms with Crippen molar-refractivity contribution in [1.82, 2.24) is 20.2 Å². The minimum atomic E-state index is 0.238. The number of aliphatic hydroxyl groups is 1. The summed E-state index contributed by atoms with van der Waals surface area (Å²) in [6, 6.07) is 0.571. The van der Waals surface area contributed by atoms with Crippen LogP contribution in [0.25, 0.3) is 0 Å². The lowest BCUT2D eigenvalue weighted by molar-refractivity contribution is 0.161. The molecule has 3 heterocycles. The Morgan fingerprint density at radius 2 is 1.96 bits per heavy atom. The van der Waals surface area contributed by atoms with E-state index in [1.54, 1.807) is 0 Å². The van der Waals surface area contributed by atoms with Gasteiger partial charge in [0.1, 0.15) is 11.6 Å². The number of rotatable bonds is 4. The molecular weight excluding hydrogens is 290 g/mol. The first-order chi connectivity index (χ1) is 11.2. The molecule has 0 aromatic carbocycles. The summed E-state index contributed by atoms with van der Waals surface area (Å²) in [6.07, 6.45) is 4.29. The molecule has 2 aliphatic heterocycles. The molecule has 23 heavy (non-hydrogen) atoms. The summed E-state index contributed by atoms with van der Waals surface area (Å²) in [5.41, 5.74) is 2.58. The molecule has 1 aromatic heterocycles. The number of hydrogen-bond acceptors (Lipinski definition) is 6. The van der Waals surface area contributed by atoms with Crippen molar-refractivity contribution in [3.05, 3.63) is 17.1 Å². The molecule has 128 valence electrons. The van der Waals surface area contributed by atoms with Crippen LogP contribution in [0.1, 0.15) is 29.9 Å². The predicted molar refractivity (Wildman–Crippen MR) is 92.0 cm³/mol. The molecule has 2 aliphatic rings. The first-order valence-electron chi connectivity index (χ1n) is 8.82. The maximum Gasteiger partial charge on any atom is 0.135 e. The number of piperidine rings is 1. The average molecular weight is 319 g/mol. The summed E-state index contributed by atoms with van der Waals surface area (Å²) in [6.45, 7) is 7.11. The van der Waals surface area contributed by atoms with Crippen molar-refractivity contribution in [3.63, 3.8) is 0 Å². The fourth-order valence-corrected chi connectivity index (χ4v) is 3.77. The van der Waals surface area contributed by atoms with E-state index in [-0.39, 0.29) is 6.61 Å². The zero-order valence-corrected chi connectivity index (χ0v) is 14.4. The Bertz CT molecular complexity index is 528. The summed E-state index contributed by atoms with van der Waals surface area (Å²) < 4.78 is 0. The summed E-state index contributed by atoms with van der Waals surface area (Å²) in [7, 11) is 2.11. The van der Waals surface area contributed by atoms with E-state index in [9.17, 15) is 0 Å². The molecule has 0 saturated carbocycles. The lowest BCUT2D eigenvalue weighted by Gasteiger charge is -2.38. The molecule has 0 spiro atoms. The number of hydrogen-bond donors (Lipinski definition) is 2. The Kier molecular flexibility index (Phi) is 5.46. The standard InChI is InChI=1S/C17H29N5O/c1-13-19-16-4-8-18-7-3-15(16)17(20-13)22-9-5-14(6-10-22)21(2)11-12-23/h14,18,23H,3-12H2,1-2H3. The van der Waals surface area contributed by atoms with Gasteiger partial charge < -0.3 is 20.2 Å². The van der Waals surface area contributed by atoms with E-state index in [1.807, 2.05) is 6.92 Å². The van der Waals surface area contributed by atoms with Gasteiger partial charge in [-0.05, 0) is 39.8 Å². The molecule has 1 fully saturated rings. The summed E-state index contributed by atoms with van der Waals surface area (Å²) >= 11 is 0. The number of fused-ring (bicyclic) bond motifs is 1. The molecule has 6 heteroatoms. The zero-order chi connectivity index (χ0) is 16.2. The number of aryl methyl sites for hydroxylation is 1. The van der Waals surface area contributed by atoms with Crippen LogP contribution in [0.5, 0.6) is 0 Å². The van der Waals surface area contributed by atoms with Gasteiger partial charge in [0.15, 0.2) is 0 Å². The number of nitrogens with zero attached hydrogens (tertiary/aromatic N) is 4. The maximum absolute atomic E-state index is 9.11. The van der Waals surface area contributed by atoms with Gasteiger partial charge in [0, 0.05) is 44.2 Å². The van der Waals surface area contributed by atoms with Gasteiger partial charge in [-0.25, -0.2) is 9.97 Å². The third-order valence-electron chi connectivity index (χ3n) is 5.11. The lowest BCUT2D eigenvalue weighted by Crippen LogP contribution is -2.44. The minimum Gasteiger partial charge on any atom is -0.395 e. The summed E-state index contributed by atoms with van der Waals surface area (Å²) in [4.78, 5) is 14.2. The molecule has 0 atom stereocenters. The molecule has 0 amide bonds. The fourth-order valence-electron chi connectivity index (χ4n) is 3.77. The van der Waals surface area contributed by atoms with E-state index in [2.05, 4.69) is 27.1 Å². The van der Waals surface area contributed by atoms with Crippen LogP contribution in [0.2, 0.25) is 0 Å². The lowest BCUT2D eigenvalue weighted by atomic mass is 10.0. The molecule has 0 bridgehead atoms. The van der Waals surface area contributed by atoms with Gasteiger partial charge in [0.25, 0.3) is 0 Å². The zero-order valence-electron chi connectivity index (χ0n) is 14.4. The first kappa shape index (κ1) is 16.6. The Morgan fingerprint density at radius 3 is 2.70 bits per heavy atom. The quantitative estimate of drug-likeness (QED) is 0.836. The summed E-state index contributed by atoms with van der Waals surface area (Å²) in [5.74, 6) is 2.06. The molecule has 2 N–H and O–H groups in total. The fraction of sp³-hybridized carbons (Fsp3) is 0.765. The topological polar surface area (TPSA) is 64.5 Å². The highest BCUT2D eigenvalue weighted by atomic mass is 16.3. The molecule has 0 unspecified atom stereocenters. The second-order valence-corrected chi connectivity index (χ2v) is 6.69. The Morgan fingerprint density at radius 1 is 1.22 bits per heavy atom. The van der Waals surface area contributed by atoms with Crippen LogP contribution in [0.3, 0.4) is 0 Å². The van der Waals surface area contributed by atoms with Crippen molar-refractivity contribution in [1.29, 1.82) is 0 Å². The smallest absolute Gasteiger partial charge is 0.135 e. The monoisotopic (exact) mass is 319 g/mol. The van der Waals surface area contributed by atoms with E-state index in [0.29, 0.717) is 6.04 Å². The minimum absolute atomic E-state index is 0.238. The van der Waals surface area contributed by atoms with Crippen LogP contribution in [-0.4, -0.2) is 72.4 Å². The largest absolute Gasteiger partial charge is 0.395 e. The van der Waals surface area contributed by atoms with Crippen molar-refractivity contribution >= 4 is 5.82 Å². The van der Waals surface area contributed by atoms with Crippen molar-refractivity contribution in [2.75, 3.05) is 51.3 Å². The van der Waals surface area contributed by atoms with Crippen LogP contribution >= 0.6 is 0 Å². The molecule has 1 aromatic rings. The Hall–Kier alpha value is -1.24. The highest BCUT2D eigenvalue weighted by molar-refractivity contribution is 5.50. The average Bonchev–Trinajstić information content (AvgIpc) is 2.80. The van der Waals surface area contributed by atoms with Crippen LogP contribution in [0.15, 0.2) is 0 Å². The molecular formula is C17H29N5O. The predicted octanol–water partition coefficient (Wildman–Crippen LogP) is 0.366. The van der Waals surface area contributed by atoms with E-state index in [1.165, 1.54) is 17.1 Å². The molecule has 0 aliphatic carbocycles. The van der Waals surface area contributed by atoms with Crippen LogP contribution in [0, 0.1) is 6.92 Å². The number of aliphatic hydroxyl groups excluding tert-OH is 1. The Labute approximate surface area is 138 Å². The molecule has 6 nitrogen and oxygen atoms in total. The normalized spacial score (nSPS) is 19.7. The van der Waals surface area contributed by atoms with Gasteiger partial charge in [-0.3, -0.25) is 0 Å². The van der Waals surface area contributed by atoms with E-state index in [4.69, 9.17) is 10.1 Å². The third-order valence-corrected chi connectivity index (χ3v) is 5.11. The van der Waals surface area contributed by atoms with Gasteiger partial charge in [0.05, 0.1) is 12.3 Å². The second kappa shape index (κ2) is 7.55. The number of likely N-dealkylation sites (N-methyl/N-ethyl adjacent to an activating group) is 1. The summed E-state index contributed by atoms with van der Waals surface area (Å²) in [5, 5.41) is 12.6. The first-order valence-corrected chi connectivity index (χ1v) is 8.82. The van der Waals surface area contributed by atoms with Gasteiger partial charge in [-0.1, -0.05) is 0 Å².